The van der Waals surface area contributed by atoms with Crippen LogP contribution in [-0.4, -0.2) is 41.6 Å². The third-order valence-electron chi connectivity index (χ3n) is 9.74. The van der Waals surface area contributed by atoms with E-state index in [2.05, 4.69) is 0 Å². The van der Waals surface area contributed by atoms with Crippen molar-refractivity contribution in [3.63, 3.8) is 0 Å². The number of fused-ring (bicyclic) bond motifs is 5. The van der Waals surface area contributed by atoms with Crippen molar-refractivity contribution in [3.8, 4) is 0 Å². The van der Waals surface area contributed by atoms with Gasteiger partial charge in [-0.25, -0.2) is 4.79 Å². The molecule has 4 fully saturated rings. The van der Waals surface area contributed by atoms with Crippen LogP contribution in [0.1, 0.15) is 68.6 Å². The Kier molecular flexibility index (Phi) is 6.00. The van der Waals surface area contributed by atoms with Gasteiger partial charge in [0.15, 0.2) is 5.78 Å². The summed E-state index contributed by atoms with van der Waals surface area (Å²) in [5, 5.41) is 10.9. The summed E-state index contributed by atoms with van der Waals surface area (Å²) < 4.78 is 11.1. The van der Waals surface area contributed by atoms with Gasteiger partial charge in [-0.3, -0.25) is 24.5 Å². The highest BCUT2D eigenvalue weighted by Gasteiger charge is 2.69. The lowest BCUT2D eigenvalue weighted by molar-refractivity contribution is -0.384. The standard InChI is InChI=1S/C27H31NO8/c1-26-13-12-19-23(20(29)14-16-4-3-5-21(30)27(16,19)25(32)35-2)18(26)10-11-22(26)36-24(31)15-6-8-17(9-7-15)28(33)34/h6-9,16,18-19,22-23H,3-5,10-14H2,1-2H3/t16-,18+,19-,22+,23+,26+,27+/m1/s1. The van der Waals surface area contributed by atoms with Gasteiger partial charge in [0.25, 0.3) is 5.69 Å². The van der Waals surface area contributed by atoms with Gasteiger partial charge in [0.1, 0.15) is 17.3 Å². The molecule has 4 aliphatic rings. The molecule has 0 heterocycles. The Hall–Kier alpha value is -3.10. The first-order chi connectivity index (χ1) is 17.1. The van der Waals surface area contributed by atoms with E-state index >= 15 is 0 Å². The van der Waals surface area contributed by atoms with Crippen LogP contribution in [0, 0.1) is 44.6 Å². The van der Waals surface area contributed by atoms with Gasteiger partial charge in [0.05, 0.1) is 17.6 Å². The monoisotopic (exact) mass is 497 g/mol. The lowest BCUT2D eigenvalue weighted by Gasteiger charge is -2.57. The number of hydrogen-bond acceptors (Lipinski definition) is 8. The number of ether oxygens (including phenoxy) is 2. The minimum Gasteiger partial charge on any atom is -0.468 e. The van der Waals surface area contributed by atoms with Gasteiger partial charge in [-0.15, -0.1) is 0 Å². The van der Waals surface area contributed by atoms with E-state index in [9.17, 15) is 29.3 Å². The normalized spacial score (nSPS) is 37.3. The fraction of sp³-hybridized carbons (Fsp3) is 0.630. The predicted octanol–water partition coefficient (Wildman–Crippen LogP) is 4.06. The molecule has 0 spiro atoms. The van der Waals surface area contributed by atoms with Crippen LogP contribution < -0.4 is 0 Å². The van der Waals surface area contributed by atoms with E-state index in [0.29, 0.717) is 44.9 Å². The molecule has 0 unspecified atom stereocenters. The van der Waals surface area contributed by atoms with E-state index in [1.165, 1.54) is 31.4 Å². The Bertz CT molecular complexity index is 1120. The van der Waals surface area contributed by atoms with Crippen LogP contribution in [0.4, 0.5) is 5.69 Å². The minimum atomic E-state index is -1.25. The minimum absolute atomic E-state index is 0.0872. The van der Waals surface area contributed by atoms with Gasteiger partial charge < -0.3 is 9.47 Å². The fourth-order valence-corrected chi connectivity index (χ4v) is 8.08. The number of ketones is 2. The summed E-state index contributed by atoms with van der Waals surface area (Å²) in [6, 6.07) is 5.30. The second-order valence-electron chi connectivity index (χ2n) is 11.1. The number of rotatable bonds is 4. The second-order valence-corrected chi connectivity index (χ2v) is 11.1. The molecule has 0 aromatic heterocycles. The fourth-order valence-electron chi connectivity index (χ4n) is 8.08. The molecule has 0 amide bonds. The molecule has 4 saturated carbocycles. The molecule has 4 aliphatic carbocycles. The molecule has 0 saturated heterocycles. The van der Waals surface area contributed by atoms with Gasteiger partial charge in [0.2, 0.25) is 0 Å². The lowest BCUT2D eigenvalue weighted by Crippen LogP contribution is -2.64. The van der Waals surface area contributed by atoms with E-state index in [1.54, 1.807) is 0 Å². The van der Waals surface area contributed by atoms with E-state index in [0.717, 1.165) is 0 Å². The molecule has 0 aliphatic heterocycles. The highest BCUT2D eigenvalue weighted by atomic mass is 16.6. The van der Waals surface area contributed by atoms with Crippen molar-refractivity contribution in [2.45, 2.75) is 64.4 Å². The SMILES string of the molecule is COC(=O)[C@@]12C(=O)CCC[C@@H]1CC(=O)[C@@H]1[C@H]2CC[C@]2(C)[C@@H](OC(=O)c3ccc([N+](=O)[O-])cc3)CC[C@@H]12. The lowest BCUT2D eigenvalue weighted by atomic mass is 9.44. The number of hydrogen-bond donors (Lipinski definition) is 0. The number of nitrogens with zero attached hydrogens (tertiary/aromatic N) is 1. The summed E-state index contributed by atoms with van der Waals surface area (Å²) in [6.45, 7) is 2.04. The van der Waals surface area contributed by atoms with Crippen LogP contribution in [-0.2, 0) is 23.9 Å². The molecule has 9 nitrogen and oxygen atoms in total. The number of carbonyl (C=O) groups is 4. The number of Topliss-reactive ketones (excluding diaryl/α,β-unsaturated/α-hetero) is 2. The topological polar surface area (TPSA) is 130 Å². The molecular weight excluding hydrogens is 466 g/mol. The zero-order valence-corrected chi connectivity index (χ0v) is 20.6. The zero-order valence-electron chi connectivity index (χ0n) is 20.6. The Balaban J connectivity index is 1.41. The first kappa shape index (κ1) is 24.6. The van der Waals surface area contributed by atoms with Crippen LogP contribution in [0.5, 0.6) is 0 Å². The first-order valence-electron chi connectivity index (χ1n) is 12.7. The summed E-state index contributed by atoms with van der Waals surface area (Å²) >= 11 is 0. The van der Waals surface area contributed by atoms with Crippen LogP contribution in [0.2, 0.25) is 0 Å². The summed E-state index contributed by atoms with van der Waals surface area (Å²) in [4.78, 5) is 63.4. The molecule has 1 aromatic carbocycles. The first-order valence-corrected chi connectivity index (χ1v) is 12.7. The number of nitro groups is 1. The molecule has 1 aromatic rings. The predicted molar refractivity (Wildman–Crippen MR) is 126 cm³/mol. The smallest absolute Gasteiger partial charge is 0.338 e. The molecule has 0 radical (unpaired) electrons. The van der Waals surface area contributed by atoms with Gasteiger partial charge in [-0.2, -0.15) is 0 Å². The van der Waals surface area contributed by atoms with E-state index in [1.807, 2.05) is 6.92 Å². The summed E-state index contributed by atoms with van der Waals surface area (Å²) in [5.41, 5.74) is -1.59. The maximum Gasteiger partial charge on any atom is 0.338 e. The quantitative estimate of drug-likeness (QED) is 0.263. The number of non-ortho nitro benzene ring substituents is 1. The molecule has 192 valence electrons. The van der Waals surface area contributed by atoms with Gasteiger partial charge in [-0.05, 0) is 68.4 Å². The summed E-state index contributed by atoms with van der Waals surface area (Å²) in [6.07, 6.45) is 3.88. The van der Waals surface area contributed by atoms with Crippen LogP contribution >= 0.6 is 0 Å². The van der Waals surface area contributed by atoms with E-state index in [-0.39, 0.29) is 47.0 Å². The second kappa shape index (κ2) is 8.78. The van der Waals surface area contributed by atoms with Crippen molar-refractivity contribution in [1.29, 1.82) is 0 Å². The van der Waals surface area contributed by atoms with Gasteiger partial charge in [-0.1, -0.05) is 6.92 Å². The molecule has 0 N–H and O–H groups in total. The van der Waals surface area contributed by atoms with E-state index < -0.39 is 39.7 Å². The molecule has 36 heavy (non-hydrogen) atoms. The number of benzene rings is 1. The van der Waals surface area contributed by atoms with Crippen molar-refractivity contribution in [2.24, 2.45) is 34.5 Å². The van der Waals surface area contributed by atoms with Crippen LogP contribution in [0.3, 0.4) is 0 Å². The maximum atomic E-state index is 13.5. The Morgan fingerprint density at radius 3 is 2.44 bits per heavy atom. The molecule has 0 bridgehead atoms. The third-order valence-corrected chi connectivity index (χ3v) is 9.74. The van der Waals surface area contributed by atoms with Crippen LogP contribution in [0.15, 0.2) is 24.3 Å². The van der Waals surface area contributed by atoms with Gasteiger partial charge >= 0.3 is 11.9 Å². The number of esters is 2. The molecule has 9 heteroatoms. The highest BCUT2D eigenvalue weighted by molar-refractivity contribution is 6.07. The molecule has 7 atom stereocenters. The number of carbonyl (C=O) groups excluding carboxylic acids is 4. The van der Waals surface area contributed by atoms with Crippen LogP contribution in [0.25, 0.3) is 0 Å². The Labute approximate surface area is 209 Å². The van der Waals surface area contributed by atoms with Crippen molar-refractivity contribution in [2.75, 3.05) is 7.11 Å². The van der Waals surface area contributed by atoms with Gasteiger partial charge in [0, 0.05) is 36.3 Å². The largest absolute Gasteiger partial charge is 0.468 e. The number of nitro benzene ring substituents is 1. The zero-order chi connectivity index (χ0) is 25.8. The summed E-state index contributed by atoms with van der Waals surface area (Å²) in [5.74, 6) is -2.26. The average Bonchev–Trinajstić information content (AvgIpc) is 3.19. The third kappa shape index (κ3) is 3.42. The highest BCUT2D eigenvalue weighted by Crippen LogP contribution is 2.65. The Morgan fingerprint density at radius 1 is 1.06 bits per heavy atom. The summed E-state index contributed by atoms with van der Waals surface area (Å²) in [7, 11) is 1.32. The van der Waals surface area contributed by atoms with Crippen molar-refractivity contribution < 1.29 is 33.6 Å². The van der Waals surface area contributed by atoms with E-state index in [4.69, 9.17) is 9.47 Å². The maximum absolute atomic E-state index is 13.5. The molecular formula is C27H31NO8. The molecule has 5 rings (SSSR count). The number of methoxy groups -OCH3 is 1. The van der Waals surface area contributed by atoms with Crippen molar-refractivity contribution >= 4 is 29.2 Å². The van der Waals surface area contributed by atoms with Crippen molar-refractivity contribution in [3.05, 3.63) is 39.9 Å². The van der Waals surface area contributed by atoms with Crippen molar-refractivity contribution in [1.82, 2.24) is 0 Å². The Morgan fingerprint density at radius 2 is 1.78 bits per heavy atom. The average molecular weight is 498 g/mol.